The minimum absolute atomic E-state index is 0.0346. The Kier molecular flexibility index (Phi) is 6.10. The Hall–Kier alpha value is -4.08. The predicted molar refractivity (Wildman–Crippen MR) is 116 cm³/mol. The summed E-state index contributed by atoms with van der Waals surface area (Å²) in [5.74, 6) is 0.270. The summed E-state index contributed by atoms with van der Waals surface area (Å²) < 4.78 is 5.18. The van der Waals surface area contributed by atoms with E-state index >= 15 is 0 Å². The highest BCUT2D eigenvalue weighted by Gasteiger charge is 2.22. The molecule has 0 saturated heterocycles. The van der Waals surface area contributed by atoms with Gasteiger partial charge in [-0.25, -0.2) is 14.8 Å². The fourth-order valence-corrected chi connectivity index (χ4v) is 2.71. The van der Waals surface area contributed by atoms with Gasteiger partial charge < -0.3 is 10.1 Å². The lowest BCUT2D eigenvalue weighted by Crippen LogP contribution is -2.27. The monoisotopic (exact) mass is 422 g/mol. The average Bonchev–Trinajstić information content (AvgIpc) is 2.69. The molecule has 1 amide bonds. The molecule has 0 fully saturated rings. The minimum Gasteiger partial charge on any atom is -0.444 e. The lowest BCUT2D eigenvalue weighted by Gasteiger charge is -2.20. The molecule has 0 spiro atoms. The van der Waals surface area contributed by atoms with E-state index in [0.717, 1.165) is 5.56 Å². The van der Waals surface area contributed by atoms with Crippen LogP contribution in [0.1, 0.15) is 26.3 Å². The highest BCUT2D eigenvalue weighted by atomic mass is 16.6. The van der Waals surface area contributed by atoms with Crippen molar-refractivity contribution < 1.29 is 14.5 Å². The van der Waals surface area contributed by atoms with Crippen LogP contribution in [0.5, 0.6) is 0 Å². The van der Waals surface area contributed by atoms with E-state index < -0.39 is 16.6 Å². The van der Waals surface area contributed by atoms with Crippen LogP contribution in [0.15, 0.2) is 48.9 Å². The molecule has 0 bridgehead atoms. The van der Waals surface area contributed by atoms with E-state index in [1.807, 2.05) is 6.07 Å². The lowest BCUT2D eigenvalue weighted by molar-refractivity contribution is -0.383. The van der Waals surface area contributed by atoms with Crippen molar-refractivity contribution in [2.24, 2.45) is 0 Å². The van der Waals surface area contributed by atoms with Crippen molar-refractivity contribution in [1.82, 2.24) is 15.0 Å². The summed E-state index contributed by atoms with van der Waals surface area (Å²) in [4.78, 5) is 35.8. The maximum Gasteiger partial charge on any atom is 0.412 e. The summed E-state index contributed by atoms with van der Waals surface area (Å²) in [7, 11) is 0. The third-order valence-electron chi connectivity index (χ3n) is 4.03. The van der Waals surface area contributed by atoms with Crippen LogP contribution in [0.25, 0.3) is 11.3 Å². The molecule has 0 aliphatic carbocycles. The van der Waals surface area contributed by atoms with Crippen molar-refractivity contribution in [3.63, 3.8) is 0 Å². The molecule has 31 heavy (non-hydrogen) atoms. The molecule has 3 rings (SSSR count). The molecule has 3 aromatic rings. The van der Waals surface area contributed by atoms with Gasteiger partial charge in [0.15, 0.2) is 0 Å². The highest BCUT2D eigenvalue weighted by molar-refractivity contribution is 5.89. The van der Waals surface area contributed by atoms with E-state index in [2.05, 4.69) is 25.6 Å². The first-order valence-corrected chi connectivity index (χ1v) is 9.42. The Balaban J connectivity index is 1.88. The lowest BCUT2D eigenvalue weighted by atomic mass is 10.1. The summed E-state index contributed by atoms with van der Waals surface area (Å²) in [6, 6.07) is 8.23. The molecule has 160 valence electrons. The van der Waals surface area contributed by atoms with Crippen molar-refractivity contribution >= 4 is 29.1 Å². The largest absolute Gasteiger partial charge is 0.444 e. The van der Waals surface area contributed by atoms with Crippen molar-refractivity contribution in [2.45, 2.75) is 33.3 Å². The average molecular weight is 422 g/mol. The number of hydrogen-bond acceptors (Lipinski definition) is 8. The molecular formula is C21H22N6O4. The van der Waals surface area contributed by atoms with Crippen molar-refractivity contribution in [3.8, 4) is 11.3 Å². The summed E-state index contributed by atoms with van der Waals surface area (Å²) in [5.41, 5.74) is 1.56. The van der Waals surface area contributed by atoms with Crippen LogP contribution in [0.4, 0.5) is 27.8 Å². The third-order valence-corrected chi connectivity index (χ3v) is 4.03. The number of hydrogen-bond donors (Lipinski definition) is 2. The van der Waals surface area contributed by atoms with Gasteiger partial charge in [0.25, 0.3) is 5.69 Å². The van der Waals surface area contributed by atoms with Gasteiger partial charge in [-0.2, -0.15) is 0 Å². The van der Waals surface area contributed by atoms with Gasteiger partial charge in [0, 0.05) is 30.2 Å². The van der Waals surface area contributed by atoms with Crippen LogP contribution in [0.2, 0.25) is 0 Å². The number of aryl methyl sites for hydroxylation is 1. The van der Waals surface area contributed by atoms with Crippen molar-refractivity contribution in [1.29, 1.82) is 0 Å². The highest BCUT2D eigenvalue weighted by Crippen LogP contribution is 2.32. The number of rotatable bonds is 5. The first-order chi connectivity index (χ1) is 14.6. The van der Waals surface area contributed by atoms with Crippen molar-refractivity contribution in [3.05, 3.63) is 64.6 Å². The van der Waals surface area contributed by atoms with Crippen LogP contribution in [0.3, 0.4) is 0 Å². The van der Waals surface area contributed by atoms with Gasteiger partial charge in [-0.15, -0.1) is 0 Å². The molecular weight excluding hydrogens is 400 g/mol. The van der Waals surface area contributed by atoms with Gasteiger partial charge in [-0.1, -0.05) is 0 Å². The minimum atomic E-state index is -0.775. The first kappa shape index (κ1) is 21.6. The number of anilines is 3. The predicted octanol–water partition coefficient (Wildman–Crippen LogP) is 4.85. The van der Waals surface area contributed by atoms with Crippen LogP contribution in [0, 0.1) is 17.0 Å². The van der Waals surface area contributed by atoms with Gasteiger partial charge in [0.05, 0.1) is 16.3 Å². The summed E-state index contributed by atoms with van der Waals surface area (Å²) in [5, 5.41) is 17.0. The summed E-state index contributed by atoms with van der Waals surface area (Å²) >= 11 is 0. The number of pyridine rings is 1. The Labute approximate surface area is 178 Å². The van der Waals surface area contributed by atoms with Crippen LogP contribution in [-0.4, -0.2) is 31.6 Å². The SMILES string of the molecule is Cc1cc(NC(=O)OC(C)(C)C)c([N+](=O)[O-])cc1Nc1nccc(-c2cccnc2)n1. The van der Waals surface area contributed by atoms with Crippen molar-refractivity contribution in [2.75, 3.05) is 10.6 Å². The second-order valence-electron chi connectivity index (χ2n) is 7.70. The van der Waals surface area contributed by atoms with Crippen LogP contribution < -0.4 is 10.6 Å². The molecule has 2 N–H and O–H groups in total. The number of carbonyl (C=O) groups excluding carboxylic acids is 1. The molecule has 10 nitrogen and oxygen atoms in total. The number of nitrogens with one attached hydrogen (secondary N) is 2. The number of carbonyl (C=O) groups is 1. The van der Waals surface area contributed by atoms with E-state index in [0.29, 0.717) is 16.9 Å². The molecule has 0 radical (unpaired) electrons. The molecule has 2 aromatic heterocycles. The van der Waals surface area contributed by atoms with E-state index in [1.54, 1.807) is 58.4 Å². The number of nitro groups is 1. The number of nitrogens with zero attached hydrogens (tertiary/aromatic N) is 4. The molecule has 0 aliphatic rings. The Morgan fingerprint density at radius 3 is 2.58 bits per heavy atom. The second-order valence-corrected chi connectivity index (χ2v) is 7.70. The van der Waals surface area contributed by atoms with E-state index in [4.69, 9.17) is 4.74 Å². The first-order valence-electron chi connectivity index (χ1n) is 9.42. The Morgan fingerprint density at radius 1 is 1.16 bits per heavy atom. The molecule has 10 heteroatoms. The molecule has 2 heterocycles. The summed E-state index contributed by atoms with van der Waals surface area (Å²) in [6.45, 7) is 6.87. The van der Waals surface area contributed by atoms with Crippen LogP contribution >= 0.6 is 0 Å². The smallest absolute Gasteiger partial charge is 0.412 e. The van der Waals surface area contributed by atoms with Gasteiger partial charge in [0.1, 0.15) is 11.3 Å². The fourth-order valence-electron chi connectivity index (χ4n) is 2.71. The molecule has 0 aliphatic heterocycles. The Morgan fingerprint density at radius 2 is 1.94 bits per heavy atom. The van der Waals surface area contributed by atoms with Gasteiger partial charge in [-0.3, -0.25) is 20.4 Å². The standard InChI is InChI=1S/C21H22N6O4/c1-13-10-17(26-20(28)31-21(2,3)4)18(27(29)30)11-16(13)25-19-23-9-7-15(24-19)14-6-5-8-22-12-14/h5-12H,1-4H3,(H,26,28)(H,23,24,25). The fraction of sp³-hybridized carbons (Fsp3) is 0.238. The number of ether oxygens (including phenoxy) is 1. The van der Waals surface area contributed by atoms with E-state index in [9.17, 15) is 14.9 Å². The Bertz CT molecular complexity index is 1110. The molecule has 0 unspecified atom stereocenters. The molecule has 0 atom stereocenters. The maximum atomic E-state index is 12.1. The van der Waals surface area contributed by atoms with Crippen LogP contribution in [-0.2, 0) is 4.74 Å². The van der Waals surface area contributed by atoms with Gasteiger partial charge in [-0.05, 0) is 57.5 Å². The zero-order chi connectivity index (χ0) is 22.6. The number of nitro benzene ring substituents is 1. The molecule has 0 saturated carbocycles. The topological polar surface area (TPSA) is 132 Å². The van der Waals surface area contributed by atoms with E-state index in [-0.39, 0.29) is 17.3 Å². The zero-order valence-corrected chi connectivity index (χ0v) is 17.5. The van der Waals surface area contributed by atoms with Gasteiger partial charge >= 0.3 is 6.09 Å². The van der Waals surface area contributed by atoms with Gasteiger partial charge in [0.2, 0.25) is 5.95 Å². The van der Waals surface area contributed by atoms with E-state index in [1.165, 1.54) is 12.1 Å². The second kappa shape index (κ2) is 8.74. The quantitative estimate of drug-likeness (QED) is 0.441. The number of benzene rings is 1. The normalized spacial score (nSPS) is 11.0. The molecule has 1 aromatic carbocycles. The third kappa shape index (κ3) is 5.72. The number of aromatic nitrogens is 3. The summed E-state index contributed by atoms with van der Waals surface area (Å²) in [6.07, 6.45) is 4.15. The zero-order valence-electron chi connectivity index (χ0n) is 17.5. The maximum absolute atomic E-state index is 12.1. The number of amides is 1.